The molecule has 0 amide bonds. The summed E-state index contributed by atoms with van der Waals surface area (Å²) in [5.41, 5.74) is 23.2. The maximum Gasteiger partial charge on any atom is 0.0788 e. The lowest BCUT2D eigenvalue weighted by Gasteiger charge is -2.29. The monoisotopic (exact) mass is 926 g/mol. The van der Waals surface area contributed by atoms with Gasteiger partial charge in [0.2, 0.25) is 0 Å². The number of benzene rings is 11. The number of para-hydroxylation sites is 3. The summed E-state index contributed by atoms with van der Waals surface area (Å²) >= 11 is 6.75. The van der Waals surface area contributed by atoms with Crippen molar-refractivity contribution in [2.24, 2.45) is 0 Å². The highest BCUT2D eigenvalue weighted by Crippen LogP contribution is 2.56. The highest BCUT2D eigenvalue weighted by atomic mass is 35.5. The Bertz CT molecular complexity index is 4110. The third-order valence-electron chi connectivity index (χ3n) is 14.3. The lowest BCUT2D eigenvalue weighted by Crippen LogP contribution is -2.02. The van der Waals surface area contributed by atoms with E-state index in [0.29, 0.717) is 5.02 Å². The van der Waals surface area contributed by atoms with Gasteiger partial charge in [-0.2, -0.15) is 0 Å². The van der Waals surface area contributed by atoms with Gasteiger partial charge >= 0.3 is 0 Å². The standard InChI is InChI=1S/C68H47ClN2/c1-44-26-30-48(31-27-44)63-61(46-16-6-3-7-17-46)62(47-18-8-4-9-19-47)64(49-32-28-45(2)29-33-49)66(65(63)50-34-38-52(69)39-35-50)51-36-40-54(41-37-51)71-60-25-15-13-23-56(60)58-43-42-57-55-22-12-14-24-59(55)70(67(57)68(58)71)53-20-10-5-11-21-53/h3-43H,1-2H3. The van der Waals surface area contributed by atoms with Crippen molar-refractivity contribution in [2.75, 3.05) is 0 Å². The molecule has 0 radical (unpaired) electrons. The van der Waals surface area contributed by atoms with E-state index in [2.05, 4.69) is 260 Å². The van der Waals surface area contributed by atoms with Crippen molar-refractivity contribution in [2.45, 2.75) is 13.8 Å². The fourth-order valence-electron chi connectivity index (χ4n) is 11.1. The van der Waals surface area contributed by atoms with Gasteiger partial charge in [0.1, 0.15) is 0 Å². The second kappa shape index (κ2) is 17.4. The van der Waals surface area contributed by atoms with Crippen molar-refractivity contribution in [1.82, 2.24) is 9.13 Å². The molecule has 11 aromatic carbocycles. The van der Waals surface area contributed by atoms with Crippen LogP contribution in [0.1, 0.15) is 11.1 Å². The first-order valence-electron chi connectivity index (χ1n) is 24.4. The minimum absolute atomic E-state index is 0.700. The first kappa shape index (κ1) is 42.4. The quantitative estimate of drug-likeness (QED) is 0.144. The van der Waals surface area contributed by atoms with Crippen LogP contribution in [0.15, 0.2) is 249 Å². The first-order chi connectivity index (χ1) is 35.0. The van der Waals surface area contributed by atoms with Crippen LogP contribution < -0.4 is 0 Å². The topological polar surface area (TPSA) is 9.86 Å². The van der Waals surface area contributed by atoms with Crippen LogP contribution in [0.5, 0.6) is 0 Å². The van der Waals surface area contributed by atoms with Gasteiger partial charge in [0.05, 0.1) is 22.1 Å². The summed E-state index contributed by atoms with van der Waals surface area (Å²) < 4.78 is 4.94. The van der Waals surface area contributed by atoms with E-state index in [1.54, 1.807) is 0 Å². The Morgan fingerprint density at radius 1 is 0.254 bits per heavy atom. The molecule has 0 saturated heterocycles. The second-order valence-electron chi connectivity index (χ2n) is 18.7. The van der Waals surface area contributed by atoms with Crippen LogP contribution in [0.25, 0.3) is 122 Å². The van der Waals surface area contributed by atoms with Gasteiger partial charge in [0.15, 0.2) is 0 Å². The van der Waals surface area contributed by atoms with Crippen LogP contribution in [0.4, 0.5) is 0 Å². The lowest BCUT2D eigenvalue weighted by atomic mass is 9.74. The van der Waals surface area contributed by atoms with E-state index < -0.39 is 0 Å². The normalized spacial score (nSPS) is 11.6. The number of halogens is 1. The number of rotatable bonds is 8. The number of hydrogen-bond acceptors (Lipinski definition) is 0. The molecule has 0 N–H and O–H groups in total. The molecule has 0 unspecified atom stereocenters. The molecule has 0 atom stereocenters. The van der Waals surface area contributed by atoms with Crippen LogP contribution >= 0.6 is 11.6 Å². The summed E-state index contributed by atoms with van der Waals surface area (Å²) in [5.74, 6) is 0. The summed E-state index contributed by atoms with van der Waals surface area (Å²) in [6.45, 7) is 4.33. The SMILES string of the molecule is Cc1ccc(-c2c(-c3ccccc3)c(-c3ccccc3)c(-c3ccc(C)cc3)c(-c3ccc(-n4c5ccccc5c5ccc6c7ccccc7n(-c7ccccc7)c6c54)cc3)c2-c2ccc(Cl)cc2)cc1. The van der Waals surface area contributed by atoms with Gasteiger partial charge in [-0.1, -0.05) is 223 Å². The number of fused-ring (bicyclic) bond motifs is 7. The van der Waals surface area contributed by atoms with Crippen LogP contribution in [0.2, 0.25) is 5.02 Å². The second-order valence-corrected chi connectivity index (χ2v) is 19.1. The van der Waals surface area contributed by atoms with Gasteiger partial charge in [0, 0.05) is 37.9 Å². The zero-order valence-electron chi connectivity index (χ0n) is 39.4. The minimum atomic E-state index is 0.700. The van der Waals surface area contributed by atoms with Crippen LogP contribution in [-0.4, -0.2) is 9.13 Å². The Labute approximate surface area is 418 Å². The van der Waals surface area contributed by atoms with Crippen LogP contribution in [0.3, 0.4) is 0 Å². The molecule has 3 heteroatoms. The van der Waals surface area contributed by atoms with Gasteiger partial charge in [-0.25, -0.2) is 0 Å². The molecule has 2 nitrogen and oxygen atoms in total. The Balaban J connectivity index is 1.17. The Kier molecular flexibility index (Phi) is 10.4. The van der Waals surface area contributed by atoms with Crippen molar-refractivity contribution in [1.29, 1.82) is 0 Å². The zero-order valence-corrected chi connectivity index (χ0v) is 40.2. The first-order valence-corrected chi connectivity index (χ1v) is 24.7. The van der Waals surface area contributed by atoms with Crippen molar-refractivity contribution >= 4 is 55.2 Å². The molecule has 0 bridgehead atoms. The highest BCUT2D eigenvalue weighted by Gasteiger charge is 2.30. The molecule has 0 spiro atoms. The van der Waals surface area contributed by atoms with E-state index in [0.717, 1.165) is 61.4 Å². The summed E-state index contributed by atoms with van der Waals surface area (Å²) in [6, 6.07) is 91.0. The third-order valence-corrected chi connectivity index (χ3v) is 14.6. The number of nitrogens with zero attached hydrogens (tertiary/aromatic N) is 2. The average Bonchev–Trinajstić information content (AvgIpc) is 3.96. The average molecular weight is 928 g/mol. The summed E-state index contributed by atoms with van der Waals surface area (Å²) in [6.07, 6.45) is 0. The fourth-order valence-corrected chi connectivity index (χ4v) is 11.3. The molecule has 0 aliphatic carbocycles. The molecule has 0 aliphatic rings. The Morgan fingerprint density at radius 3 is 0.944 bits per heavy atom. The zero-order chi connectivity index (χ0) is 47.6. The summed E-state index contributed by atoms with van der Waals surface area (Å²) in [4.78, 5) is 0. The smallest absolute Gasteiger partial charge is 0.0788 e. The van der Waals surface area contributed by atoms with E-state index in [1.807, 2.05) is 12.1 Å². The van der Waals surface area contributed by atoms with Gasteiger partial charge in [-0.15, -0.1) is 0 Å². The molecule has 13 rings (SSSR count). The van der Waals surface area contributed by atoms with Crippen molar-refractivity contribution in [3.8, 4) is 78.1 Å². The summed E-state index contributed by atoms with van der Waals surface area (Å²) in [7, 11) is 0. The molecular formula is C68H47ClN2. The van der Waals surface area contributed by atoms with Crippen molar-refractivity contribution < 1.29 is 0 Å². The minimum Gasteiger partial charge on any atom is -0.307 e. The Morgan fingerprint density at radius 2 is 0.549 bits per heavy atom. The third kappa shape index (κ3) is 7.10. The molecular weight excluding hydrogens is 880 g/mol. The predicted molar refractivity (Wildman–Crippen MR) is 302 cm³/mol. The molecule has 2 heterocycles. The molecule has 71 heavy (non-hydrogen) atoms. The van der Waals surface area contributed by atoms with E-state index in [9.17, 15) is 0 Å². The fraction of sp³-hybridized carbons (Fsp3) is 0.0294. The number of aryl methyl sites for hydroxylation is 2. The van der Waals surface area contributed by atoms with Crippen molar-refractivity contribution in [3.05, 3.63) is 265 Å². The predicted octanol–water partition coefficient (Wildman–Crippen LogP) is 19.2. The number of hydrogen-bond donors (Lipinski definition) is 0. The van der Waals surface area contributed by atoms with Crippen LogP contribution in [0, 0.1) is 13.8 Å². The maximum absolute atomic E-state index is 6.75. The van der Waals surface area contributed by atoms with Gasteiger partial charge in [0.25, 0.3) is 0 Å². The van der Waals surface area contributed by atoms with E-state index in [-0.39, 0.29) is 0 Å². The van der Waals surface area contributed by atoms with Gasteiger partial charge in [-0.3, -0.25) is 0 Å². The molecule has 13 aromatic rings. The molecule has 0 fully saturated rings. The highest BCUT2D eigenvalue weighted by molar-refractivity contribution is 6.30. The van der Waals surface area contributed by atoms with E-state index in [1.165, 1.54) is 71.5 Å². The van der Waals surface area contributed by atoms with Gasteiger partial charge in [-0.05, 0) is 129 Å². The molecule has 0 aliphatic heterocycles. The Hall–Kier alpha value is -8.69. The lowest BCUT2D eigenvalue weighted by molar-refractivity contribution is 1.15. The van der Waals surface area contributed by atoms with Gasteiger partial charge < -0.3 is 9.13 Å². The largest absolute Gasteiger partial charge is 0.307 e. The summed E-state index contributed by atoms with van der Waals surface area (Å²) in [5, 5.41) is 5.60. The molecule has 336 valence electrons. The van der Waals surface area contributed by atoms with E-state index in [4.69, 9.17) is 11.6 Å². The molecule has 0 saturated carbocycles. The number of aromatic nitrogens is 2. The molecule has 2 aromatic heterocycles. The van der Waals surface area contributed by atoms with Crippen LogP contribution in [-0.2, 0) is 0 Å². The van der Waals surface area contributed by atoms with E-state index >= 15 is 0 Å². The maximum atomic E-state index is 6.75. The van der Waals surface area contributed by atoms with Crippen molar-refractivity contribution in [3.63, 3.8) is 0 Å².